The molecule has 7 rings (SSSR count). The van der Waals surface area contributed by atoms with Crippen molar-refractivity contribution in [1.29, 1.82) is 0 Å². The molecule has 7 unspecified atom stereocenters. The molecular formula is C54H77N3O11. The Kier molecular flexibility index (Phi) is 19.5. The normalized spacial score (nSPS) is 25.1. The zero-order valence-corrected chi connectivity index (χ0v) is 40.6. The Bertz CT molecular complexity index is 2020. The molecule has 1 saturated heterocycles. The molecule has 14 heteroatoms. The van der Waals surface area contributed by atoms with Crippen LogP contribution in [0, 0.1) is 17.8 Å². The second-order valence-corrected chi connectivity index (χ2v) is 19.2. The van der Waals surface area contributed by atoms with E-state index in [4.69, 9.17) is 38.4 Å². The number of unbranched alkanes of at least 4 members (excludes halogenated alkanes) is 11. The summed E-state index contributed by atoms with van der Waals surface area (Å²) >= 11 is 0. The zero-order valence-electron chi connectivity index (χ0n) is 40.6. The van der Waals surface area contributed by atoms with E-state index in [1.54, 1.807) is 42.3 Å². The lowest BCUT2D eigenvalue weighted by atomic mass is 9.55. The molecule has 2 amide bonds. The van der Waals surface area contributed by atoms with Crippen molar-refractivity contribution in [1.82, 2.24) is 10.2 Å². The fourth-order valence-electron chi connectivity index (χ4n) is 11.0. The number of nitrogens with one attached hydrogen (secondary N) is 1. The minimum absolute atomic E-state index is 0.00114. The van der Waals surface area contributed by atoms with Crippen molar-refractivity contribution >= 4 is 17.7 Å². The van der Waals surface area contributed by atoms with Crippen molar-refractivity contribution in [2.24, 2.45) is 22.9 Å². The van der Waals surface area contributed by atoms with Gasteiger partial charge in [0.2, 0.25) is 18.9 Å². The van der Waals surface area contributed by atoms with Gasteiger partial charge in [-0.2, -0.15) is 0 Å². The molecule has 68 heavy (non-hydrogen) atoms. The Morgan fingerprint density at radius 3 is 2.37 bits per heavy atom. The number of oxime groups is 1. The van der Waals surface area contributed by atoms with Gasteiger partial charge in [-0.05, 0) is 98.8 Å². The van der Waals surface area contributed by atoms with E-state index in [2.05, 4.69) is 24.9 Å². The molecule has 2 aromatic rings. The van der Waals surface area contributed by atoms with Gasteiger partial charge in [0.25, 0.3) is 5.91 Å². The van der Waals surface area contributed by atoms with Crippen LogP contribution >= 0.6 is 0 Å². The van der Waals surface area contributed by atoms with Crippen molar-refractivity contribution < 1.29 is 53.1 Å². The molecule has 7 atom stereocenters. The van der Waals surface area contributed by atoms with Gasteiger partial charge >= 0.3 is 6.09 Å². The van der Waals surface area contributed by atoms with Crippen LogP contribution in [0.15, 0.2) is 65.9 Å². The van der Waals surface area contributed by atoms with Gasteiger partial charge in [-0.25, -0.2) is 4.79 Å². The topological polar surface area (TPSA) is 167 Å². The van der Waals surface area contributed by atoms with Crippen molar-refractivity contribution in [3.63, 3.8) is 0 Å². The maximum Gasteiger partial charge on any atom is 0.412 e. The van der Waals surface area contributed by atoms with Gasteiger partial charge in [0.05, 0.1) is 24.8 Å². The molecule has 0 radical (unpaired) electrons. The van der Waals surface area contributed by atoms with Crippen LogP contribution in [0.2, 0.25) is 0 Å². The highest BCUT2D eigenvalue weighted by atomic mass is 16.8. The molecule has 0 bridgehead atoms. The number of carbonyl (C=O) groups is 2. The van der Waals surface area contributed by atoms with E-state index in [0.29, 0.717) is 66.7 Å². The molecule has 5 aliphatic rings. The van der Waals surface area contributed by atoms with Gasteiger partial charge in [0.15, 0.2) is 11.5 Å². The van der Waals surface area contributed by atoms with Crippen LogP contribution in [0.4, 0.5) is 4.79 Å². The van der Waals surface area contributed by atoms with Gasteiger partial charge < -0.3 is 53.7 Å². The highest BCUT2D eigenvalue weighted by Crippen LogP contribution is 2.62. The summed E-state index contributed by atoms with van der Waals surface area (Å²) in [5.41, 5.74) is 2.86. The number of nitrogens with zero attached hydrogens (tertiary/aromatic N) is 2. The van der Waals surface area contributed by atoms with Crippen LogP contribution in [0.5, 0.6) is 23.0 Å². The van der Waals surface area contributed by atoms with Gasteiger partial charge in [-0.15, -0.1) is 6.58 Å². The van der Waals surface area contributed by atoms with Crippen LogP contribution in [-0.4, -0.2) is 97.8 Å². The standard InChI is InChI=1S/C54H77N3O11/c1-4-6-7-8-9-10-11-12-13-17-28-55-53(61)66-40-25-27-45-43(35-40)50-41(22-15-19-30-59)38(21-14-18-29-58)33-42-44(56-68-49-23-16-20-32-62-49)36-48(54(67-45,51(42)50)65-31-5-2)57(3)52(60)39-24-26-46-47(34-39)64-37-63-46/h5,24-27,33-35,38,41,48-51,58-59H,2,4,6-23,28-32,36-37H2,1,3H3,(H,55,61). The molecule has 0 spiro atoms. The summed E-state index contributed by atoms with van der Waals surface area (Å²) in [5, 5.41) is 27.8. The first-order valence-corrected chi connectivity index (χ1v) is 25.8. The van der Waals surface area contributed by atoms with Gasteiger partial charge in [-0.3, -0.25) is 4.79 Å². The predicted octanol–water partition coefficient (Wildman–Crippen LogP) is 10.4. The number of amides is 2. The van der Waals surface area contributed by atoms with E-state index in [0.717, 1.165) is 68.9 Å². The Morgan fingerprint density at radius 2 is 1.63 bits per heavy atom. The SMILES string of the molecule is C=CCOC12Oc3ccc(OC(=O)NCCCCCCCCCCCC)cc3C3C(CCCCO)C(CCCCO)C=C(C(=NOC4CCCCO4)CC1N(C)C(=O)c1ccc4c(c1)OCO4)C32. The van der Waals surface area contributed by atoms with Crippen LogP contribution < -0.4 is 24.3 Å². The van der Waals surface area contributed by atoms with Crippen LogP contribution in [0.25, 0.3) is 0 Å². The predicted molar refractivity (Wildman–Crippen MR) is 260 cm³/mol. The molecule has 2 fully saturated rings. The highest BCUT2D eigenvalue weighted by molar-refractivity contribution is 6.03. The number of aliphatic hydroxyl groups is 2. The quantitative estimate of drug-likeness (QED) is 0.0443. The van der Waals surface area contributed by atoms with E-state index >= 15 is 0 Å². The number of benzene rings is 2. The summed E-state index contributed by atoms with van der Waals surface area (Å²) in [4.78, 5) is 36.1. The number of hydrogen-bond donors (Lipinski definition) is 3. The third kappa shape index (κ3) is 12.6. The van der Waals surface area contributed by atoms with Crippen LogP contribution in [0.3, 0.4) is 0 Å². The molecule has 3 N–H and O–H groups in total. The van der Waals surface area contributed by atoms with Gasteiger partial charge in [0.1, 0.15) is 17.5 Å². The Hall–Kier alpha value is -4.63. The van der Waals surface area contributed by atoms with E-state index in [-0.39, 0.29) is 56.7 Å². The van der Waals surface area contributed by atoms with Crippen LogP contribution in [0.1, 0.15) is 157 Å². The highest BCUT2D eigenvalue weighted by Gasteiger charge is 2.65. The first-order chi connectivity index (χ1) is 33.3. The van der Waals surface area contributed by atoms with Crippen molar-refractivity contribution in [3.8, 4) is 23.0 Å². The maximum absolute atomic E-state index is 14.8. The maximum atomic E-state index is 14.8. The fourth-order valence-corrected chi connectivity index (χ4v) is 11.0. The summed E-state index contributed by atoms with van der Waals surface area (Å²) in [5.74, 6) is -0.454. The smallest absolute Gasteiger partial charge is 0.412 e. The first kappa shape index (κ1) is 51.2. The molecule has 2 aliphatic carbocycles. The average molecular weight is 944 g/mol. The molecule has 1 saturated carbocycles. The number of ether oxygens (including phenoxy) is 6. The van der Waals surface area contributed by atoms with Gasteiger partial charge in [0, 0.05) is 56.7 Å². The van der Waals surface area contributed by atoms with E-state index in [1.165, 1.54) is 44.9 Å². The van der Waals surface area contributed by atoms with E-state index < -0.39 is 30.1 Å². The van der Waals surface area contributed by atoms with Gasteiger partial charge in [-0.1, -0.05) is 94.9 Å². The summed E-state index contributed by atoms with van der Waals surface area (Å²) in [6, 6.07) is 9.99. The number of allylic oxidation sites excluding steroid dienone is 1. The second-order valence-electron chi connectivity index (χ2n) is 19.2. The number of carbonyl (C=O) groups excluding carboxylic acids is 2. The lowest BCUT2D eigenvalue weighted by Crippen LogP contribution is -2.69. The Labute approximate surface area is 403 Å². The molecule has 0 aromatic heterocycles. The molecule has 2 aromatic carbocycles. The van der Waals surface area contributed by atoms with E-state index in [1.807, 2.05) is 12.1 Å². The van der Waals surface area contributed by atoms with Crippen molar-refractivity contribution in [3.05, 3.63) is 71.8 Å². The molecule has 374 valence electrons. The molecule has 14 nitrogen and oxygen atoms in total. The minimum atomic E-state index is -1.45. The summed E-state index contributed by atoms with van der Waals surface area (Å²) < 4.78 is 37.6. The van der Waals surface area contributed by atoms with Crippen molar-refractivity contribution in [2.75, 3.05) is 46.8 Å². The fraction of sp³-hybridized carbons (Fsp3) is 0.648. The minimum Gasteiger partial charge on any atom is -0.459 e. The molecule has 3 aliphatic heterocycles. The zero-order chi connectivity index (χ0) is 47.7. The van der Waals surface area contributed by atoms with E-state index in [9.17, 15) is 19.8 Å². The number of fused-ring (bicyclic) bond motifs is 3. The van der Waals surface area contributed by atoms with Crippen LogP contribution in [-0.2, 0) is 14.3 Å². The number of likely N-dealkylation sites (N-methyl/N-ethyl adjacent to an activating group) is 1. The lowest BCUT2D eigenvalue weighted by molar-refractivity contribution is -0.252. The summed E-state index contributed by atoms with van der Waals surface area (Å²) in [6.07, 6.45) is 22.4. The molecule has 3 heterocycles. The Morgan fingerprint density at radius 1 is 0.897 bits per heavy atom. The number of rotatable bonds is 27. The lowest BCUT2D eigenvalue weighted by Gasteiger charge is -2.59. The number of hydrogen-bond acceptors (Lipinski definition) is 12. The average Bonchev–Trinajstić information content (AvgIpc) is 3.84. The second kappa shape index (κ2) is 25.8. The third-order valence-corrected chi connectivity index (χ3v) is 14.5. The van der Waals surface area contributed by atoms with Crippen molar-refractivity contribution in [2.45, 2.75) is 159 Å². The largest absolute Gasteiger partial charge is 0.459 e. The summed E-state index contributed by atoms with van der Waals surface area (Å²) in [6.45, 7) is 7.77. The Balaban J connectivity index is 1.24. The number of aliphatic hydroxyl groups excluding tert-OH is 2. The third-order valence-electron chi connectivity index (χ3n) is 14.5. The first-order valence-electron chi connectivity index (χ1n) is 25.8. The molecular weight excluding hydrogens is 867 g/mol. The monoisotopic (exact) mass is 944 g/mol. The summed E-state index contributed by atoms with van der Waals surface area (Å²) in [7, 11) is 1.77.